The number of benzene rings is 1. The van der Waals surface area contributed by atoms with Gasteiger partial charge in [0, 0.05) is 24.1 Å². The molecule has 1 aromatic carbocycles. The van der Waals surface area contributed by atoms with Crippen molar-refractivity contribution in [3.63, 3.8) is 0 Å². The molecule has 2 aromatic heterocycles. The van der Waals surface area contributed by atoms with Gasteiger partial charge in [-0.25, -0.2) is 18.3 Å². The zero-order valence-corrected chi connectivity index (χ0v) is 13.5. The van der Waals surface area contributed by atoms with Crippen LogP contribution in [0.1, 0.15) is 13.3 Å². The van der Waals surface area contributed by atoms with Crippen LogP contribution in [0.15, 0.2) is 35.4 Å². The predicted octanol–water partition coefficient (Wildman–Crippen LogP) is 1.53. The monoisotopic (exact) mass is 361 g/mol. The first-order valence-electron chi connectivity index (χ1n) is 7.56. The number of carbonyl (C=O) groups is 1. The van der Waals surface area contributed by atoms with Crippen LogP contribution in [0.2, 0.25) is 0 Å². The molecular formula is C17H13F2N3O4. The number of nitrogens with zero attached hydrogens (tertiary/aromatic N) is 3. The molecule has 0 saturated heterocycles. The van der Waals surface area contributed by atoms with Gasteiger partial charge >= 0.3 is 5.97 Å². The fraction of sp³-hybridized carbons (Fsp3) is 0.176. The number of pyridine rings is 1. The number of carboxylic acids is 1. The number of aliphatic carboxylic acids is 1. The Kier molecular flexibility index (Phi) is 4.37. The van der Waals surface area contributed by atoms with E-state index < -0.39 is 34.7 Å². The fourth-order valence-corrected chi connectivity index (χ4v) is 2.61. The van der Waals surface area contributed by atoms with Crippen LogP contribution in [0.25, 0.3) is 22.7 Å². The largest absolute Gasteiger partial charge is 0.511 e. The number of rotatable bonds is 4. The van der Waals surface area contributed by atoms with Crippen LogP contribution in [-0.4, -0.2) is 30.8 Å². The minimum Gasteiger partial charge on any atom is -0.511 e. The van der Waals surface area contributed by atoms with E-state index in [0.29, 0.717) is 6.07 Å². The van der Waals surface area contributed by atoms with Gasteiger partial charge in [0.15, 0.2) is 11.1 Å². The summed E-state index contributed by atoms with van der Waals surface area (Å²) in [7, 11) is 0. The topological polar surface area (TPSA) is 105 Å². The third-order valence-electron chi connectivity index (χ3n) is 3.88. The molecule has 0 spiro atoms. The second kappa shape index (κ2) is 6.51. The molecule has 3 rings (SSSR count). The molecule has 2 heterocycles. The molecule has 26 heavy (non-hydrogen) atoms. The van der Waals surface area contributed by atoms with E-state index in [1.54, 1.807) is 0 Å². The van der Waals surface area contributed by atoms with Crippen LogP contribution in [0, 0.1) is 17.6 Å². The minimum atomic E-state index is -1.13. The SMILES string of the molecule is C[C@H](CC(O)=c1c(=O)cc(-c2cc(F)cc(F)c2)n2ncnc12)C(=O)O. The van der Waals surface area contributed by atoms with Crippen LogP contribution < -0.4 is 10.6 Å². The van der Waals surface area contributed by atoms with Crippen LogP contribution in [-0.2, 0) is 4.79 Å². The Hall–Kier alpha value is -3.36. The highest BCUT2D eigenvalue weighted by molar-refractivity contribution is 5.71. The Bertz CT molecular complexity index is 1110. The highest BCUT2D eigenvalue weighted by Gasteiger charge is 2.18. The van der Waals surface area contributed by atoms with Gasteiger partial charge in [0.25, 0.3) is 0 Å². The van der Waals surface area contributed by atoms with E-state index in [2.05, 4.69) is 10.1 Å². The molecule has 7 nitrogen and oxygen atoms in total. The Balaban J connectivity index is 2.28. The zero-order valence-electron chi connectivity index (χ0n) is 13.5. The van der Waals surface area contributed by atoms with E-state index in [1.807, 2.05) is 0 Å². The van der Waals surface area contributed by atoms with E-state index in [1.165, 1.54) is 6.92 Å². The van der Waals surface area contributed by atoms with Gasteiger partial charge in [-0.05, 0) is 12.1 Å². The van der Waals surface area contributed by atoms with Crippen molar-refractivity contribution in [2.45, 2.75) is 13.3 Å². The van der Waals surface area contributed by atoms with E-state index >= 15 is 0 Å². The van der Waals surface area contributed by atoms with Gasteiger partial charge in [-0.3, -0.25) is 9.59 Å². The van der Waals surface area contributed by atoms with Gasteiger partial charge < -0.3 is 10.2 Å². The van der Waals surface area contributed by atoms with Gasteiger partial charge in [0.2, 0.25) is 0 Å². The molecule has 2 N–H and O–H groups in total. The molecule has 134 valence electrons. The number of aliphatic hydroxyl groups excluding tert-OH is 1. The lowest BCUT2D eigenvalue weighted by atomic mass is 10.1. The Morgan fingerprint density at radius 3 is 2.46 bits per heavy atom. The van der Waals surface area contributed by atoms with Crippen molar-refractivity contribution in [3.05, 3.63) is 57.7 Å². The zero-order chi connectivity index (χ0) is 19.0. The van der Waals surface area contributed by atoms with Gasteiger partial charge in [0.1, 0.15) is 28.9 Å². The molecule has 9 heteroatoms. The number of carboxylic acid groups (broad SMARTS) is 1. The lowest BCUT2D eigenvalue weighted by molar-refractivity contribution is -0.141. The molecule has 0 radical (unpaired) electrons. The summed E-state index contributed by atoms with van der Waals surface area (Å²) in [5.74, 6) is -4.15. The molecule has 3 aromatic rings. The number of aliphatic hydroxyl groups is 1. The summed E-state index contributed by atoms with van der Waals surface area (Å²) in [6.45, 7) is 1.38. The summed E-state index contributed by atoms with van der Waals surface area (Å²) in [5, 5.41) is 22.9. The maximum atomic E-state index is 13.5. The summed E-state index contributed by atoms with van der Waals surface area (Å²) < 4.78 is 28.2. The summed E-state index contributed by atoms with van der Waals surface area (Å²) >= 11 is 0. The summed E-state index contributed by atoms with van der Waals surface area (Å²) in [4.78, 5) is 27.4. The van der Waals surface area contributed by atoms with E-state index in [4.69, 9.17) is 5.11 Å². The first kappa shape index (κ1) is 17.5. The molecule has 0 amide bonds. The van der Waals surface area contributed by atoms with Gasteiger partial charge in [-0.1, -0.05) is 6.92 Å². The number of hydrogen-bond acceptors (Lipinski definition) is 5. The van der Waals surface area contributed by atoms with E-state index in [9.17, 15) is 23.5 Å². The molecule has 0 fully saturated rings. The van der Waals surface area contributed by atoms with Crippen LogP contribution in [0.5, 0.6) is 0 Å². The highest BCUT2D eigenvalue weighted by Crippen LogP contribution is 2.20. The molecule has 0 unspecified atom stereocenters. The number of aromatic nitrogens is 3. The normalized spacial score (nSPS) is 13.7. The number of fused-ring (bicyclic) bond motifs is 1. The number of halogens is 2. The predicted molar refractivity (Wildman–Crippen MR) is 87.3 cm³/mol. The second-order valence-electron chi connectivity index (χ2n) is 5.81. The average Bonchev–Trinajstić information content (AvgIpc) is 3.01. The highest BCUT2D eigenvalue weighted by atomic mass is 19.1. The molecule has 0 aliphatic rings. The van der Waals surface area contributed by atoms with Gasteiger partial charge in [0.05, 0.1) is 11.6 Å². The van der Waals surface area contributed by atoms with E-state index in [0.717, 1.165) is 29.0 Å². The molecule has 1 atom stereocenters. The lowest BCUT2D eigenvalue weighted by Gasteiger charge is -2.08. The number of hydrogen-bond donors (Lipinski definition) is 2. The minimum absolute atomic E-state index is 0.0349. The van der Waals surface area contributed by atoms with E-state index in [-0.39, 0.29) is 28.5 Å². The molecule has 0 bridgehead atoms. The maximum Gasteiger partial charge on any atom is 0.306 e. The van der Waals surface area contributed by atoms with Crippen molar-refractivity contribution in [1.29, 1.82) is 0 Å². The summed E-state index contributed by atoms with van der Waals surface area (Å²) in [5.41, 5.74) is -0.545. The van der Waals surface area contributed by atoms with Crippen molar-refractivity contribution in [2.75, 3.05) is 0 Å². The van der Waals surface area contributed by atoms with Crippen molar-refractivity contribution in [2.24, 2.45) is 5.92 Å². The van der Waals surface area contributed by atoms with Crippen molar-refractivity contribution < 1.29 is 23.8 Å². The maximum absolute atomic E-state index is 13.5. The lowest BCUT2D eigenvalue weighted by Crippen LogP contribution is -2.31. The molecule has 0 aliphatic carbocycles. The van der Waals surface area contributed by atoms with Gasteiger partial charge in [-0.15, -0.1) is 0 Å². The average molecular weight is 361 g/mol. The van der Waals surface area contributed by atoms with Crippen molar-refractivity contribution >= 4 is 17.4 Å². The second-order valence-corrected chi connectivity index (χ2v) is 5.81. The van der Waals surface area contributed by atoms with Crippen LogP contribution in [0.3, 0.4) is 0 Å². The van der Waals surface area contributed by atoms with Crippen molar-refractivity contribution in [1.82, 2.24) is 14.6 Å². The Labute approximate surface area is 144 Å². The molecule has 0 aliphatic heterocycles. The molecular weight excluding hydrogens is 348 g/mol. The smallest absolute Gasteiger partial charge is 0.306 e. The van der Waals surface area contributed by atoms with Crippen LogP contribution >= 0.6 is 0 Å². The van der Waals surface area contributed by atoms with Crippen molar-refractivity contribution in [3.8, 4) is 11.3 Å². The first-order valence-corrected chi connectivity index (χ1v) is 7.56. The quantitative estimate of drug-likeness (QED) is 0.730. The summed E-state index contributed by atoms with van der Waals surface area (Å²) in [6, 6.07) is 3.83. The van der Waals surface area contributed by atoms with Gasteiger partial charge in [-0.2, -0.15) is 5.10 Å². The fourth-order valence-electron chi connectivity index (χ4n) is 2.61. The molecule has 0 saturated carbocycles. The third kappa shape index (κ3) is 3.10. The third-order valence-corrected chi connectivity index (χ3v) is 3.88. The standard InChI is InChI=1S/C17H13F2N3O4/c1-8(17(25)26)2-13(23)15-14(24)6-12(22-16(15)20-7-21-22)9-3-10(18)5-11(19)4-9/h3-8,23H,2H2,1H3,(H,25,26)/t8-/m1/s1. The Morgan fingerprint density at radius 2 is 1.85 bits per heavy atom. The van der Waals surface area contributed by atoms with Crippen LogP contribution in [0.4, 0.5) is 8.78 Å². The first-order chi connectivity index (χ1) is 12.3. The Morgan fingerprint density at radius 1 is 1.19 bits per heavy atom. The summed E-state index contributed by atoms with van der Waals surface area (Å²) in [6.07, 6.45) is 0.840.